The maximum atomic E-state index is 13.3. The molecule has 42 heavy (non-hydrogen) atoms. The smallest absolute Gasteiger partial charge is 0.332 e. The average Bonchev–Trinajstić information content (AvgIpc) is 2.88. The van der Waals surface area contributed by atoms with Gasteiger partial charge in [0.2, 0.25) is 5.78 Å². The van der Waals surface area contributed by atoms with Gasteiger partial charge < -0.3 is 13.9 Å². The number of ketones is 1. The van der Waals surface area contributed by atoms with E-state index in [0.29, 0.717) is 24.9 Å². The molecule has 0 radical (unpaired) electrons. The van der Waals surface area contributed by atoms with Crippen LogP contribution in [0.1, 0.15) is 81.1 Å². The van der Waals surface area contributed by atoms with E-state index < -0.39 is 26.0 Å². The van der Waals surface area contributed by atoms with Crippen LogP contribution in [-0.4, -0.2) is 45.0 Å². The second-order valence-corrected chi connectivity index (χ2v) is 18.3. The normalized spacial score (nSPS) is 18.0. The topological polar surface area (TPSA) is 61.8 Å². The van der Waals surface area contributed by atoms with Gasteiger partial charge in [-0.2, -0.15) is 0 Å². The van der Waals surface area contributed by atoms with Crippen molar-refractivity contribution in [3.63, 3.8) is 0 Å². The molecule has 2 aromatic rings. The van der Waals surface area contributed by atoms with Gasteiger partial charge in [-0.3, -0.25) is 4.79 Å². The molecular weight excluding hydrogens is 540 g/mol. The van der Waals surface area contributed by atoms with Crippen molar-refractivity contribution in [3.8, 4) is 11.8 Å². The summed E-state index contributed by atoms with van der Waals surface area (Å²) in [4.78, 5) is 25.8. The molecule has 0 bridgehead atoms. The van der Waals surface area contributed by atoms with Gasteiger partial charge in [-0.25, -0.2) is 4.79 Å². The van der Waals surface area contributed by atoms with Gasteiger partial charge in [0.1, 0.15) is 18.3 Å². The maximum absolute atomic E-state index is 13.3. The van der Waals surface area contributed by atoms with Crippen molar-refractivity contribution in [2.24, 2.45) is 17.8 Å². The molecule has 1 atom stereocenters. The van der Waals surface area contributed by atoms with E-state index >= 15 is 0 Å². The van der Waals surface area contributed by atoms with Crippen molar-refractivity contribution in [1.82, 2.24) is 0 Å². The SMILES string of the molecule is CC(C)CC1CC(C#CC(=O)C(CCO[Si](c2ccccc2)(c2ccccc2)C(C)(C)C)OCC(=O)OC(C)(C)C)C1. The molecule has 0 heterocycles. The van der Waals surface area contributed by atoms with Crippen LogP contribution in [0.4, 0.5) is 0 Å². The van der Waals surface area contributed by atoms with Crippen molar-refractivity contribution in [2.45, 2.75) is 97.8 Å². The van der Waals surface area contributed by atoms with Crippen LogP contribution in [0, 0.1) is 29.6 Å². The molecule has 1 fully saturated rings. The standard InChI is InChI=1S/C36H50O5Si/c1-27(2)23-29-24-28(25-29)19-20-32(37)33(39-26-34(38)41-35(3,4)5)21-22-40-42(36(6,7)8,30-15-11-9-12-16-30)31-17-13-10-14-18-31/h9-18,27-29,33H,21-26H2,1-8H3. The molecule has 0 N–H and O–H groups in total. The second-order valence-electron chi connectivity index (χ2n) is 14.0. The summed E-state index contributed by atoms with van der Waals surface area (Å²) in [5.74, 6) is 6.85. The number of carbonyl (C=O) groups is 2. The van der Waals surface area contributed by atoms with E-state index in [1.807, 2.05) is 57.2 Å². The number of esters is 1. The van der Waals surface area contributed by atoms with Crippen LogP contribution < -0.4 is 10.4 Å². The highest BCUT2D eigenvalue weighted by Gasteiger charge is 2.50. The van der Waals surface area contributed by atoms with Crippen molar-refractivity contribution < 1.29 is 23.5 Å². The Balaban J connectivity index is 1.80. The minimum Gasteiger partial charge on any atom is -0.458 e. The maximum Gasteiger partial charge on any atom is 0.332 e. The molecule has 1 saturated carbocycles. The lowest BCUT2D eigenvalue weighted by molar-refractivity contribution is -0.163. The summed E-state index contributed by atoms with van der Waals surface area (Å²) in [5.41, 5.74) is -0.636. The molecule has 0 aliphatic heterocycles. The zero-order valence-corrected chi connectivity index (χ0v) is 27.9. The minimum atomic E-state index is -2.78. The Morgan fingerprint density at radius 2 is 1.45 bits per heavy atom. The molecule has 1 aliphatic carbocycles. The van der Waals surface area contributed by atoms with Gasteiger partial charge in [-0.05, 0) is 73.2 Å². The number of ether oxygens (including phenoxy) is 2. The molecule has 5 nitrogen and oxygen atoms in total. The third-order valence-electron chi connectivity index (χ3n) is 7.67. The lowest BCUT2D eigenvalue weighted by Gasteiger charge is -2.43. The van der Waals surface area contributed by atoms with Gasteiger partial charge in [-0.15, -0.1) is 0 Å². The fourth-order valence-corrected chi connectivity index (χ4v) is 10.5. The third-order valence-corrected chi connectivity index (χ3v) is 12.7. The molecular formula is C36H50O5Si. The average molecular weight is 591 g/mol. The van der Waals surface area contributed by atoms with E-state index in [4.69, 9.17) is 13.9 Å². The first-order valence-electron chi connectivity index (χ1n) is 15.3. The van der Waals surface area contributed by atoms with Gasteiger partial charge in [0.25, 0.3) is 8.32 Å². The van der Waals surface area contributed by atoms with E-state index in [1.165, 1.54) is 16.8 Å². The summed E-state index contributed by atoms with van der Waals surface area (Å²) in [6.45, 7) is 16.5. The van der Waals surface area contributed by atoms with Crippen LogP contribution >= 0.6 is 0 Å². The molecule has 0 saturated heterocycles. The van der Waals surface area contributed by atoms with Crippen molar-refractivity contribution in [1.29, 1.82) is 0 Å². The third kappa shape index (κ3) is 9.39. The molecule has 0 spiro atoms. The molecule has 6 heteroatoms. The number of carbonyl (C=O) groups excluding carboxylic acids is 2. The zero-order chi connectivity index (χ0) is 31.0. The first-order valence-corrected chi connectivity index (χ1v) is 17.3. The molecule has 3 rings (SSSR count). The van der Waals surface area contributed by atoms with Crippen LogP contribution in [0.15, 0.2) is 60.7 Å². The van der Waals surface area contributed by atoms with E-state index in [2.05, 4.69) is 70.7 Å². The zero-order valence-electron chi connectivity index (χ0n) is 26.9. The monoisotopic (exact) mass is 590 g/mol. The summed E-state index contributed by atoms with van der Waals surface area (Å²) in [6.07, 6.45) is 2.70. The second kappa shape index (κ2) is 14.6. The lowest BCUT2D eigenvalue weighted by atomic mass is 9.72. The fourth-order valence-electron chi connectivity index (χ4n) is 5.88. The van der Waals surface area contributed by atoms with Crippen LogP contribution in [0.25, 0.3) is 0 Å². The van der Waals surface area contributed by atoms with Gasteiger partial charge >= 0.3 is 5.97 Å². The largest absolute Gasteiger partial charge is 0.458 e. The fraction of sp³-hybridized carbons (Fsp3) is 0.556. The summed E-state index contributed by atoms with van der Waals surface area (Å²) in [6, 6.07) is 20.8. The van der Waals surface area contributed by atoms with Crippen molar-refractivity contribution in [2.75, 3.05) is 13.2 Å². The van der Waals surface area contributed by atoms with E-state index in [0.717, 1.165) is 12.8 Å². The Morgan fingerprint density at radius 1 is 0.905 bits per heavy atom. The number of hydrogen-bond acceptors (Lipinski definition) is 5. The van der Waals surface area contributed by atoms with Gasteiger partial charge in [0.05, 0.1) is 0 Å². The van der Waals surface area contributed by atoms with Gasteiger partial charge in [0, 0.05) is 18.9 Å². The predicted octanol–water partition coefficient (Wildman–Crippen LogP) is 6.32. The lowest BCUT2D eigenvalue weighted by Crippen LogP contribution is -2.66. The van der Waals surface area contributed by atoms with E-state index in [9.17, 15) is 9.59 Å². The summed E-state index contributed by atoms with van der Waals surface area (Å²) in [5, 5.41) is 2.15. The first kappa shape index (κ1) is 33.8. The van der Waals surface area contributed by atoms with Crippen molar-refractivity contribution in [3.05, 3.63) is 60.7 Å². The summed E-state index contributed by atoms with van der Waals surface area (Å²) < 4.78 is 18.3. The summed E-state index contributed by atoms with van der Waals surface area (Å²) in [7, 11) is -2.78. The molecule has 1 aliphatic rings. The Bertz CT molecular complexity index is 1170. The van der Waals surface area contributed by atoms with Crippen LogP contribution in [0.5, 0.6) is 0 Å². The predicted molar refractivity (Wildman–Crippen MR) is 172 cm³/mol. The van der Waals surface area contributed by atoms with E-state index in [-0.39, 0.29) is 23.3 Å². The Morgan fingerprint density at radius 3 is 1.93 bits per heavy atom. The van der Waals surface area contributed by atoms with E-state index in [1.54, 1.807) is 0 Å². The highest BCUT2D eigenvalue weighted by atomic mass is 28.4. The number of rotatable bonds is 12. The first-order chi connectivity index (χ1) is 19.7. The number of benzene rings is 2. The Labute approximate surface area is 254 Å². The van der Waals surface area contributed by atoms with Crippen LogP contribution in [0.3, 0.4) is 0 Å². The number of Topliss-reactive ketones (excluding diaryl/α,β-unsaturated/α-hetero) is 1. The molecule has 228 valence electrons. The quantitative estimate of drug-likeness (QED) is 0.125. The Kier molecular flexibility index (Phi) is 11.8. The summed E-state index contributed by atoms with van der Waals surface area (Å²) >= 11 is 0. The molecule has 0 amide bonds. The number of hydrogen-bond donors (Lipinski definition) is 0. The minimum absolute atomic E-state index is 0.191. The van der Waals surface area contributed by atoms with Crippen molar-refractivity contribution >= 4 is 30.4 Å². The highest BCUT2D eigenvalue weighted by Crippen LogP contribution is 2.38. The Hall–Kier alpha value is -2.72. The molecule has 2 aromatic carbocycles. The van der Waals surface area contributed by atoms with Gasteiger partial charge in [-0.1, -0.05) is 101 Å². The van der Waals surface area contributed by atoms with Gasteiger partial charge in [0.15, 0.2) is 0 Å². The van der Waals surface area contributed by atoms with Crippen LogP contribution in [-0.2, 0) is 23.5 Å². The highest BCUT2D eigenvalue weighted by molar-refractivity contribution is 6.99. The van der Waals surface area contributed by atoms with Crippen LogP contribution in [0.2, 0.25) is 5.04 Å². The molecule has 1 unspecified atom stereocenters. The molecule has 0 aromatic heterocycles.